The van der Waals surface area contributed by atoms with Crippen molar-refractivity contribution < 1.29 is 74.5 Å². The number of carbonyl (C=O) groups is 8. The highest BCUT2D eigenvalue weighted by Gasteiger charge is 2.22. The number of aromatic carboxylic acids is 2. The van der Waals surface area contributed by atoms with Crippen LogP contribution < -0.4 is 42.8 Å². The Morgan fingerprint density at radius 2 is 0.718 bits per heavy atom. The molecule has 0 bridgehead atoms. The first kappa shape index (κ1) is 57.1. The maximum Gasteiger partial charge on any atom is 0.337 e. The van der Waals surface area contributed by atoms with Crippen molar-refractivity contribution in [3.8, 4) is 11.1 Å². The Bertz CT molecular complexity index is 3510. The molecule has 6 aromatic carbocycles. The van der Waals surface area contributed by atoms with E-state index in [-0.39, 0.29) is 45.5 Å². The van der Waals surface area contributed by atoms with Crippen molar-refractivity contribution in [2.24, 2.45) is 10.2 Å². The van der Waals surface area contributed by atoms with Crippen LogP contribution in [0.15, 0.2) is 141 Å². The maximum atomic E-state index is 13.4. The molecule has 6 amide bonds. The molecule has 6 rings (SSSR count). The van der Waals surface area contributed by atoms with Gasteiger partial charge in [0.05, 0.1) is 32.3 Å². The molecule has 0 saturated heterocycles. The molecule has 0 fully saturated rings. The summed E-state index contributed by atoms with van der Waals surface area (Å²) < 4.78 is 63.4. The number of aryl methyl sites for hydroxylation is 2. The topological polar surface area (TPSA) is 407 Å². The number of anilines is 8. The standard InChI is InChI=1S/C50H44N10O16S2/c1-25-21-29(5-17-39(25)55-45(63)43(27(3)61)59-57-41-19-11-33(23-37(41)47(65)66)53-49(69)51-31-7-13-35(14-8-31)77(71,72)73)30-6-18-40(26(2)22-30)56-46(64)44(28(4)62)60-58-42-20-12-34(24-38(42)48(67)68)54-50(70)52-32-9-15-36(16-10-32)78(74,75)76/h5-24,57-58H,1-4H3,(H,55,63)(H,56,64)(H,65,66)(H,67,68)(H2,51,53,69)(H2,52,54,70)(H,71,72,73)(H,74,75,76). The Hall–Kier alpha value is -10.2. The Morgan fingerprint density at radius 1 is 0.410 bits per heavy atom. The molecule has 28 heteroatoms. The number of ketones is 2. The minimum Gasteiger partial charge on any atom is -0.478 e. The number of amides is 6. The molecule has 0 spiro atoms. The molecule has 0 atom stereocenters. The Morgan fingerprint density at radius 3 is 1.01 bits per heavy atom. The predicted molar refractivity (Wildman–Crippen MR) is 287 cm³/mol. The van der Waals surface area contributed by atoms with Crippen molar-refractivity contribution >= 4 is 125 Å². The number of hydrogen-bond donors (Lipinski definition) is 12. The first-order chi connectivity index (χ1) is 36.7. The zero-order chi connectivity index (χ0) is 57.2. The normalized spacial score (nSPS) is 11.6. The third-order valence-corrected chi connectivity index (χ3v) is 12.5. The third-order valence-electron chi connectivity index (χ3n) is 10.8. The Kier molecular flexibility index (Phi) is 17.6. The lowest BCUT2D eigenvalue weighted by molar-refractivity contribution is -0.116. The largest absolute Gasteiger partial charge is 0.478 e. The number of nitrogens with zero attached hydrogens (tertiary/aromatic N) is 2. The monoisotopic (exact) mass is 1100 g/mol. The smallest absolute Gasteiger partial charge is 0.337 e. The number of carboxylic acid groups (broad SMARTS) is 2. The van der Waals surface area contributed by atoms with Crippen LogP contribution in [0.3, 0.4) is 0 Å². The number of carbonyl (C=O) groups excluding carboxylic acids is 6. The van der Waals surface area contributed by atoms with Crippen LogP contribution in [0.1, 0.15) is 45.7 Å². The van der Waals surface area contributed by atoms with E-state index in [0.29, 0.717) is 22.3 Å². The minimum atomic E-state index is -4.46. The van der Waals surface area contributed by atoms with Gasteiger partial charge in [-0.1, -0.05) is 12.1 Å². The third kappa shape index (κ3) is 15.0. The molecule has 402 valence electrons. The molecular weight excluding hydrogens is 1060 g/mol. The molecule has 12 N–H and O–H groups in total. The Balaban J connectivity index is 1.08. The summed E-state index contributed by atoms with van der Waals surface area (Å²) in [6, 6.07) is 24.6. The van der Waals surface area contributed by atoms with Crippen LogP contribution in [0.2, 0.25) is 0 Å². The van der Waals surface area contributed by atoms with Gasteiger partial charge in [0.15, 0.2) is 23.0 Å². The van der Waals surface area contributed by atoms with E-state index in [0.717, 1.165) is 50.2 Å². The summed E-state index contributed by atoms with van der Waals surface area (Å²) in [6.45, 7) is 5.51. The van der Waals surface area contributed by atoms with Gasteiger partial charge in [-0.2, -0.15) is 27.0 Å². The summed E-state index contributed by atoms with van der Waals surface area (Å²) in [5.41, 5.74) is 5.78. The number of carboxylic acids is 2. The van der Waals surface area contributed by atoms with Crippen molar-refractivity contribution in [1.29, 1.82) is 0 Å². The summed E-state index contributed by atoms with van der Waals surface area (Å²) in [5.74, 6) is -6.36. The van der Waals surface area contributed by atoms with E-state index in [2.05, 4.69) is 53.0 Å². The zero-order valence-electron chi connectivity index (χ0n) is 40.9. The maximum absolute atomic E-state index is 13.4. The summed E-state index contributed by atoms with van der Waals surface area (Å²) >= 11 is 0. The first-order valence-electron chi connectivity index (χ1n) is 22.3. The van der Waals surface area contributed by atoms with Crippen molar-refractivity contribution in [1.82, 2.24) is 0 Å². The van der Waals surface area contributed by atoms with Crippen LogP contribution in [0.25, 0.3) is 11.1 Å². The number of urea groups is 2. The van der Waals surface area contributed by atoms with E-state index in [1.807, 2.05) is 0 Å². The van der Waals surface area contributed by atoms with Crippen LogP contribution >= 0.6 is 0 Å². The second kappa shape index (κ2) is 24.0. The van der Waals surface area contributed by atoms with E-state index in [4.69, 9.17) is 9.11 Å². The minimum absolute atomic E-state index is 0.00838. The number of hydrogen-bond acceptors (Lipinski definition) is 16. The Labute approximate surface area is 442 Å². The number of hydrazone groups is 2. The van der Waals surface area contributed by atoms with Crippen LogP contribution in [0, 0.1) is 13.8 Å². The number of nitrogens with one attached hydrogen (secondary N) is 8. The van der Waals surface area contributed by atoms with E-state index in [9.17, 15) is 65.4 Å². The van der Waals surface area contributed by atoms with Crippen molar-refractivity contribution in [3.05, 3.63) is 144 Å². The van der Waals surface area contributed by atoms with Gasteiger partial charge in [-0.3, -0.25) is 39.1 Å². The summed E-state index contributed by atoms with van der Waals surface area (Å²) in [7, 11) is -8.92. The fraction of sp³-hybridized carbons (Fsp3) is 0.0800. The lowest BCUT2D eigenvalue weighted by Crippen LogP contribution is -2.30. The molecule has 26 nitrogen and oxygen atoms in total. The van der Waals surface area contributed by atoms with E-state index in [1.165, 1.54) is 48.5 Å². The quantitative estimate of drug-likeness (QED) is 0.0166. The van der Waals surface area contributed by atoms with Gasteiger partial charge < -0.3 is 42.1 Å². The highest BCUT2D eigenvalue weighted by atomic mass is 32.2. The van der Waals surface area contributed by atoms with Gasteiger partial charge in [0.2, 0.25) is 0 Å². The number of Topliss-reactive ketones (excluding diaryl/α,β-unsaturated/α-hetero) is 2. The number of rotatable bonds is 19. The summed E-state index contributed by atoms with van der Waals surface area (Å²) in [4.78, 5) is 101. The highest BCUT2D eigenvalue weighted by Crippen LogP contribution is 2.29. The van der Waals surface area contributed by atoms with Crippen LogP contribution in [-0.2, 0) is 39.4 Å². The van der Waals surface area contributed by atoms with Crippen LogP contribution in [-0.4, -0.2) is 95.0 Å². The predicted octanol–water partition coefficient (Wildman–Crippen LogP) is 7.14. The van der Waals surface area contributed by atoms with Crippen LogP contribution in [0.5, 0.6) is 0 Å². The molecule has 0 aliphatic heterocycles. The van der Waals surface area contributed by atoms with E-state index >= 15 is 0 Å². The van der Waals surface area contributed by atoms with Gasteiger partial charge in [0.25, 0.3) is 32.1 Å². The van der Waals surface area contributed by atoms with Gasteiger partial charge in [-0.15, -0.1) is 0 Å². The lowest BCUT2D eigenvalue weighted by Gasteiger charge is -2.14. The fourth-order valence-corrected chi connectivity index (χ4v) is 7.90. The molecule has 0 unspecified atom stereocenters. The molecule has 6 aromatic rings. The van der Waals surface area contributed by atoms with Crippen molar-refractivity contribution in [2.75, 3.05) is 42.8 Å². The SMILES string of the molecule is CC(=O)C(=NNc1ccc(NC(=O)Nc2ccc(S(=O)(=O)O)cc2)cc1C(=O)O)C(=O)Nc1ccc(-c2ccc(NC(=O)C(=NNc3ccc(NC(=O)Nc4ccc(S(=O)(=O)O)cc4)cc3C(=O)O)C(C)=O)c(C)c2)cc1C. The second-order valence-corrected chi connectivity index (χ2v) is 19.4. The average Bonchev–Trinajstić information content (AvgIpc) is 3.36. The summed E-state index contributed by atoms with van der Waals surface area (Å²) in [6.07, 6.45) is 0. The van der Waals surface area contributed by atoms with Crippen molar-refractivity contribution in [2.45, 2.75) is 37.5 Å². The lowest BCUT2D eigenvalue weighted by atomic mass is 9.99. The first-order valence-corrected chi connectivity index (χ1v) is 25.1. The van der Waals surface area contributed by atoms with Gasteiger partial charge >= 0.3 is 24.0 Å². The average molecular weight is 1110 g/mol. The molecule has 0 aliphatic carbocycles. The van der Waals surface area contributed by atoms with Gasteiger partial charge in [-0.25, -0.2) is 19.2 Å². The number of benzene rings is 6. The van der Waals surface area contributed by atoms with Gasteiger partial charge in [-0.05, 0) is 145 Å². The second-order valence-electron chi connectivity index (χ2n) is 16.5. The highest BCUT2D eigenvalue weighted by molar-refractivity contribution is 7.86. The van der Waals surface area contributed by atoms with E-state index < -0.39 is 100.0 Å². The van der Waals surface area contributed by atoms with Gasteiger partial charge in [0.1, 0.15) is 0 Å². The molecule has 0 aromatic heterocycles. The van der Waals surface area contributed by atoms with Crippen LogP contribution in [0.4, 0.5) is 55.1 Å². The molecule has 0 saturated carbocycles. The molecule has 78 heavy (non-hydrogen) atoms. The van der Waals surface area contributed by atoms with Gasteiger partial charge in [0, 0.05) is 48.0 Å². The summed E-state index contributed by atoms with van der Waals surface area (Å²) in [5, 5.41) is 42.5. The van der Waals surface area contributed by atoms with Crippen molar-refractivity contribution in [3.63, 3.8) is 0 Å². The molecule has 0 aliphatic rings. The molecule has 0 heterocycles. The fourth-order valence-electron chi connectivity index (χ4n) is 6.94. The zero-order valence-corrected chi connectivity index (χ0v) is 42.6. The molecular formula is C50H44N10O16S2. The molecule has 0 radical (unpaired) electrons. The van der Waals surface area contributed by atoms with E-state index in [1.54, 1.807) is 50.2 Å².